The van der Waals surface area contributed by atoms with Crippen LogP contribution in [0.5, 0.6) is 0 Å². The summed E-state index contributed by atoms with van der Waals surface area (Å²) in [6.45, 7) is -0.0367. The van der Waals surface area contributed by atoms with Gasteiger partial charge in [0.15, 0.2) is 5.78 Å². The molecule has 1 heterocycles. The number of Topliss-reactive ketones (excluding diaryl/α,β-unsaturated/α-hetero) is 1. The van der Waals surface area contributed by atoms with Crippen LogP contribution in [-0.2, 0) is 20.8 Å². The van der Waals surface area contributed by atoms with Gasteiger partial charge in [0.25, 0.3) is 0 Å². The van der Waals surface area contributed by atoms with E-state index in [1.165, 1.54) is 6.07 Å². The summed E-state index contributed by atoms with van der Waals surface area (Å²) in [6, 6.07) is 11.2. The van der Waals surface area contributed by atoms with Crippen LogP contribution in [0.4, 0.5) is 28.9 Å². The summed E-state index contributed by atoms with van der Waals surface area (Å²) >= 11 is 0. The second-order valence-corrected chi connectivity index (χ2v) is 11.4. The molecule has 10 heteroatoms. The van der Waals surface area contributed by atoms with Gasteiger partial charge in [0.2, 0.25) is 11.8 Å². The van der Waals surface area contributed by atoms with Crippen LogP contribution in [0.25, 0.3) is 0 Å². The molecule has 0 bridgehead atoms. The van der Waals surface area contributed by atoms with Crippen molar-refractivity contribution < 1.29 is 31.9 Å². The van der Waals surface area contributed by atoms with E-state index < -0.39 is 60.3 Å². The largest absolute Gasteiger partial charge is 0.389 e. The molecule has 214 valence electrons. The van der Waals surface area contributed by atoms with Crippen LogP contribution >= 0.6 is 0 Å². The number of rotatable bonds is 10. The second-order valence-electron chi connectivity index (χ2n) is 11.4. The first kappa shape index (κ1) is 28.1. The first-order chi connectivity index (χ1) is 19.0. The molecule has 0 spiro atoms. The Hall–Kier alpha value is -3.43. The highest BCUT2D eigenvalue weighted by molar-refractivity contribution is 5.95. The number of anilines is 2. The molecule has 2 amide bonds. The molecule has 2 aromatic carbocycles. The number of benzene rings is 2. The van der Waals surface area contributed by atoms with Gasteiger partial charge in [-0.1, -0.05) is 31.0 Å². The van der Waals surface area contributed by atoms with Crippen LogP contribution in [-0.4, -0.2) is 36.4 Å². The maximum Gasteiger partial charge on any atom is 0.389 e. The Balaban J connectivity index is 1.44. The molecule has 0 unspecified atom stereocenters. The van der Waals surface area contributed by atoms with Crippen molar-refractivity contribution in [2.24, 2.45) is 23.5 Å². The van der Waals surface area contributed by atoms with Gasteiger partial charge in [-0.2, -0.15) is 13.2 Å². The summed E-state index contributed by atoms with van der Waals surface area (Å²) < 4.78 is 54.5. The molecule has 3 aliphatic rings. The quantitative estimate of drug-likeness (QED) is 0.386. The minimum absolute atomic E-state index is 0.0367. The average molecular weight is 560 g/mol. The number of nitrogens with one attached hydrogen (secondary N) is 1. The van der Waals surface area contributed by atoms with Crippen molar-refractivity contribution in [2.75, 3.05) is 11.4 Å². The fourth-order valence-electron chi connectivity index (χ4n) is 5.69. The summed E-state index contributed by atoms with van der Waals surface area (Å²) in [5.41, 5.74) is 8.12. The van der Waals surface area contributed by atoms with E-state index in [1.54, 1.807) is 17.0 Å². The van der Waals surface area contributed by atoms with E-state index in [2.05, 4.69) is 5.32 Å². The number of amides is 2. The van der Waals surface area contributed by atoms with Crippen molar-refractivity contribution >= 4 is 29.0 Å². The number of fused-ring (bicyclic) bond motifs is 1. The number of carbonyl (C=O) groups excluding carboxylic acids is 3. The predicted octanol–water partition coefficient (Wildman–Crippen LogP) is 5.31. The highest BCUT2D eigenvalue weighted by atomic mass is 19.4. The lowest BCUT2D eigenvalue weighted by Gasteiger charge is -2.30. The minimum atomic E-state index is -4.53. The van der Waals surface area contributed by atoms with E-state index in [0.29, 0.717) is 11.6 Å². The normalized spacial score (nSPS) is 20.9. The van der Waals surface area contributed by atoms with Crippen molar-refractivity contribution in [1.29, 1.82) is 0 Å². The topological polar surface area (TPSA) is 92.5 Å². The summed E-state index contributed by atoms with van der Waals surface area (Å²) in [5, 5.41) is 2.65. The molecular weight excluding hydrogens is 526 g/mol. The zero-order valence-electron chi connectivity index (χ0n) is 22.1. The van der Waals surface area contributed by atoms with Gasteiger partial charge in [-0.05, 0) is 67.3 Å². The molecule has 40 heavy (non-hydrogen) atoms. The lowest BCUT2D eigenvalue weighted by Crippen LogP contribution is -2.51. The highest BCUT2D eigenvalue weighted by Gasteiger charge is 2.41. The minimum Gasteiger partial charge on any atom is -0.369 e. The maximum atomic E-state index is 15.0. The average Bonchev–Trinajstić information content (AvgIpc) is 3.80. The van der Waals surface area contributed by atoms with E-state index in [4.69, 9.17) is 5.73 Å². The molecule has 2 aliphatic carbocycles. The molecule has 3 atom stereocenters. The van der Waals surface area contributed by atoms with Crippen LogP contribution in [0.3, 0.4) is 0 Å². The van der Waals surface area contributed by atoms with Crippen molar-refractivity contribution in [3.63, 3.8) is 0 Å². The zero-order chi connectivity index (χ0) is 28.6. The molecule has 5 rings (SSSR count). The summed E-state index contributed by atoms with van der Waals surface area (Å²) in [5.74, 6) is -4.47. The number of ketones is 1. The van der Waals surface area contributed by atoms with Gasteiger partial charge in [0, 0.05) is 41.6 Å². The summed E-state index contributed by atoms with van der Waals surface area (Å²) in [7, 11) is 0. The number of alkyl halides is 3. The van der Waals surface area contributed by atoms with Crippen LogP contribution in [0.15, 0.2) is 42.5 Å². The molecule has 2 aromatic rings. The number of hydrogen-bond acceptors (Lipinski definition) is 4. The Morgan fingerprint density at radius 1 is 1.05 bits per heavy atom. The second kappa shape index (κ2) is 11.2. The lowest BCUT2D eigenvalue weighted by molar-refractivity contribution is -0.146. The molecule has 0 radical (unpaired) electrons. The Morgan fingerprint density at radius 2 is 1.77 bits per heavy atom. The van der Waals surface area contributed by atoms with Crippen molar-refractivity contribution in [2.45, 2.75) is 69.5 Å². The first-order valence-corrected chi connectivity index (χ1v) is 13.8. The Labute approximate surface area is 230 Å². The molecule has 3 N–H and O–H groups in total. The lowest BCUT2D eigenvalue weighted by atomic mass is 9.83. The maximum absolute atomic E-state index is 15.0. The summed E-state index contributed by atoms with van der Waals surface area (Å²) in [4.78, 5) is 41.0. The third-order valence-corrected chi connectivity index (χ3v) is 8.25. The fourth-order valence-corrected chi connectivity index (χ4v) is 5.69. The smallest absolute Gasteiger partial charge is 0.369 e. The van der Waals surface area contributed by atoms with Gasteiger partial charge < -0.3 is 16.0 Å². The first-order valence-electron chi connectivity index (χ1n) is 13.8. The van der Waals surface area contributed by atoms with Crippen LogP contribution < -0.4 is 16.0 Å². The Kier molecular flexibility index (Phi) is 7.88. The monoisotopic (exact) mass is 559 g/mol. The number of carbonyl (C=O) groups is 3. The SMILES string of the molecule is NC(=O)[C@@H](CC1CC1)[C@@H](CCC(F)(F)F)C(=O)N[C@H]1CN(c2cccc(C3CC3)c2)c2cccc(F)c2CC1=O. The molecule has 2 saturated carbocycles. The Bertz CT molecular complexity index is 1290. The molecule has 6 nitrogen and oxygen atoms in total. The van der Waals surface area contributed by atoms with E-state index in [-0.39, 0.29) is 30.9 Å². The van der Waals surface area contributed by atoms with Crippen LogP contribution in [0.2, 0.25) is 0 Å². The van der Waals surface area contributed by atoms with Gasteiger partial charge in [-0.15, -0.1) is 0 Å². The fraction of sp³-hybridized carbons (Fsp3) is 0.500. The van der Waals surface area contributed by atoms with Gasteiger partial charge in [-0.25, -0.2) is 4.39 Å². The van der Waals surface area contributed by atoms with Crippen molar-refractivity contribution in [1.82, 2.24) is 5.32 Å². The predicted molar refractivity (Wildman–Crippen MR) is 141 cm³/mol. The molecular formula is C30H33F4N3O3. The Morgan fingerprint density at radius 3 is 2.42 bits per heavy atom. The third kappa shape index (κ3) is 6.64. The van der Waals surface area contributed by atoms with Crippen LogP contribution in [0, 0.1) is 23.6 Å². The number of nitrogens with two attached hydrogens (primary N) is 1. The number of primary amides is 1. The van der Waals surface area contributed by atoms with E-state index in [1.807, 2.05) is 24.3 Å². The number of nitrogens with zero attached hydrogens (tertiary/aromatic N) is 1. The standard InChI is InChI=1S/C30H33F4N3O3/c31-24-5-2-6-26-23(24)15-27(38)25(16-37(26)20-4-1-3-19(14-20)18-9-10-18)36-29(40)21(11-12-30(32,33)34)22(28(35)39)13-17-7-8-17/h1-6,14,17-18,21-22,25H,7-13,15-16H2,(H2,35,39)(H,36,40)/t21-,22+,25+/m1/s1. The molecule has 2 fully saturated rings. The number of halogens is 4. The molecule has 0 aromatic heterocycles. The third-order valence-electron chi connectivity index (χ3n) is 8.25. The van der Waals surface area contributed by atoms with E-state index >= 15 is 0 Å². The van der Waals surface area contributed by atoms with Crippen molar-refractivity contribution in [3.05, 3.63) is 59.4 Å². The zero-order valence-corrected chi connectivity index (χ0v) is 22.1. The van der Waals surface area contributed by atoms with Crippen LogP contribution in [0.1, 0.15) is 62.0 Å². The van der Waals surface area contributed by atoms with E-state index in [0.717, 1.165) is 36.9 Å². The highest BCUT2D eigenvalue weighted by Crippen LogP contribution is 2.43. The molecule has 0 saturated heterocycles. The summed E-state index contributed by atoms with van der Waals surface area (Å²) in [6.07, 6.45) is -2.64. The number of hydrogen-bond donors (Lipinski definition) is 2. The van der Waals surface area contributed by atoms with Gasteiger partial charge >= 0.3 is 6.18 Å². The van der Waals surface area contributed by atoms with Gasteiger partial charge in [-0.3, -0.25) is 14.4 Å². The molecule has 1 aliphatic heterocycles. The van der Waals surface area contributed by atoms with Crippen molar-refractivity contribution in [3.8, 4) is 0 Å². The van der Waals surface area contributed by atoms with Gasteiger partial charge in [0.05, 0.1) is 6.54 Å². The van der Waals surface area contributed by atoms with E-state index in [9.17, 15) is 31.9 Å². The van der Waals surface area contributed by atoms with Gasteiger partial charge in [0.1, 0.15) is 11.9 Å².